The summed E-state index contributed by atoms with van der Waals surface area (Å²) >= 11 is 0. The number of para-hydroxylation sites is 2. The zero-order chi connectivity index (χ0) is 73.8. The second kappa shape index (κ2) is 29.2. The van der Waals surface area contributed by atoms with E-state index in [0.717, 1.165) is 105 Å². The average molecular weight is 1430 g/mol. The Morgan fingerprint density at radius 2 is 0.532 bits per heavy atom. The van der Waals surface area contributed by atoms with Gasteiger partial charge in [0.1, 0.15) is 51.2 Å². The van der Waals surface area contributed by atoms with E-state index in [4.69, 9.17) is 54.8 Å². The third-order valence-corrected chi connectivity index (χ3v) is 18.6. The number of hydrogen-bond donors (Lipinski definition) is 0. The van der Waals surface area contributed by atoms with E-state index in [0.29, 0.717) is 80.9 Å². The minimum atomic E-state index is 0.496. The Kier molecular flexibility index (Phi) is 17.3. The highest BCUT2D eigenvalue weighted by atomic mass is 15.1. The lowest BCUT2D eigenvalue weighted by atomic mass is 10.1. The normalized spacial score (nSPS) is 11.2. The van der Waals surface area contributed by atoms with Crippen LogP contribution >= 0.6 is 0 Å². The van der Waals surface area contributed by atoms with E-state index in [9.17, 15) is 0 Å². The molecule has 0 aliphatic rings. The molecule has 0 unspecified atom stereocenters. The molecule has 0 saturated carbocycles. The second-order valence-electron chi connectivity index (χ2n) is 25.4. The maximum absolute atomic E-state index is 4.83. The molecule has 16 aromatic heterocycles. The van der Waals surface area contributed by atoms with Crippen molar-refractivity contribution >= 4 is 65.8 Å². The molecule has 16 heterocycles. The molecule has 0 amide bonds. The van der Waals surface area contributed by atoms with Gasteiger partial charge in [0.15, 0.2) is 52.4 Å². The third-order valence-electron chi connectivity index (χ3n) is 18.6. The van der Waals surface area contributed by atoms with Crippen LogP contribution in [0.25, 0.3) is 186 Å². The number of rotatable bonds is 12. The molecule has 21 aromatic rings. The quantitative estimate of drug-likeness (QED) is 0.110. The molecule has 0 fully saturated rings. The molecular weight excluding hydrogens is 1380 g/mol. The van der Waals surface area contributed by atoms with Crippen LogP contribution in [0.5, 0.6) is 0 Å². The maximum Gasteiger partial charge on any atom is 0.182 e. The minimum Gasteiger partial charge on any atom is -0.294 e. The molecule has 0 aliphatic heterocycles. The average Bonchev–Trinajstić information content (AvgIpc) is 1.61. The Labute approximate surface area is 632 Å². The smallest absolute Gasteiger partial charge is 0.182 e. The van der Waals surface area contributed by atoms with Crippen LogP contribution in [0, 0.1) is 0 Å². The molecule has 22 nitrogen and oxygen atoms in total. The van der Waals surface area contributed by atoms with Crippen LogP contribution in [0.4, 0.5) is 0 Å². The molecular formula is C89H56N22. The fourth-order valence-corrected chi connectivity index (χ4v) is 13.6. The van der Waals surface area contributed by atoms with Crippen molar-refractivity contribution in [2.24, 2.45) is 0 Å². The van der Waals surface area contributed by atoms with Crippen LogP contribution in [-0.2, 0) is 0 Å². The van der Waals surface area contributed by atoms with Crippen molar-refractivity contribution < 1.29 is 0 Å². The molecule has 0 radical (unpaired) electrons. The summed E-state index contributed by atoms with van der Waals surface area (Å²) < 4.78 is 6.43. The van der Waals surface area contributed by atoms with Gasteiger partial charge in [-0.2, -0.15) is 0 Å². The number of aromatic nitrogens is 22. The van der Waals surface area contributed by atoms with Gasteiger partial charge in [-0.3, -0.25) is 43.6 Å². The Hall–Kier alpha value is -16.0. The van der Waals surface area contributed by atoms with E-state index in [1.807, 2.05) is 200 Å². The highest BCUT2D eigenvalue weighted by Crippen LogP contribution is 2.38. The number of pyridine rings is 10. The van der Waals surface area contributed by atoms with Gasteiger partial charge in [-0.1, -0.05) is 84.9 Å². The van der Waals surface area contributed by atoms with Gasteiger partial charge in [0.05, 0.1) is 16.6 Å². The van der Waals surface area contributed by atoms with Crippen molar-refractivity contribution in [3.8, 4) is 120 Å². The van der Waals surface area contributed by atoms with Crippen LogP contribution in [0.1, 0.15) is 0 Å². The van der Waals surface area contributed by atoms with Gasteiger partial charge in [0.2, 0.25) is 0 Å². The van der Waals surface area contributed by atoms with Crippen molar-refractivity contribution in [3.63, 3.8) is 0 Å². The van der Waals surface area contributed by atoms with Crippen LogP contribution < -0.4 is 0 Å². The topological polar surface area (TPSA) is 260 Å². The second-order valence-corrected chi connectivity index (χ2v) is 25.4. The van der Waals surface area contributed by atoms with Crippen molar-refractivity contribution in [1.82, 2.24) is 108 Å². The fraction of sp³-hybridized carbons (Fsp3) is 0. The molecule has 21 rings (SSSR count). The Bertz CT molecular complexity index is 6440. The van der Waals surface area contributed by atoms with Gasteiger partial charge in [0, 0.05) is 134 Å². The molecule has 111 heavy (non-hydrogen) atoms. The standard InChI is InChI=1S/2C30H19N7.C29H18N8/c1-2-15-26-22(11-1)23-12-8-18-33-30(23)37(26)21-10-7-9-20(19-21)27-34-28(24-13-3-5-16-31-24)36-29(35-27)25-14-4-6-17-32-25;1-2-9-21(10-3-1)37-26-15-14-20(19-23(26)22-11-8-18-33-30(22)37)27-34-28(24-12-4-6-16-31-24)36-29(35-27)25-13-5-7-17-32-25;1-3-14-31-23(9-1)28-35-26(34-27(36-28)20-7-5-13-30-18-20)19-11-12-24-22(17-19)21-8-6-16-33-29(21)37(24)25-10-2-4-15-32-25/h2*1-19H;1-18H. The third kappa shape index (κ3) is 12.9. The summed E-state index contributed by atoms with van der Waals surface area (Å²) in [6.07, 6.45) is 19.4. The van der Waals surface area contributed by atoms with E-state index in [-0.39, 0.29) is 0 Å². The maximum atomic E-state index is 4.83. The van der Waals surface area contributed by atoms with Crippen molar-refractivity contribution in [2.45, 2.75) is 0 Å². The number of hydrogen-bond acceptors (Lipinski definition) is 19. The number of nitrogens with zero attached hydrogens (tertiary/aromatic N) is 22. The number of benzene rings is 5. The first-order valence-corrected chi connectivity index (χ1v) is 35.5. The van der Waals surface area contributed by atoms with Crippen molar-refractivity contribution in [2.75, 3.05) is 0 Å². The molecule has 5 aromatic carbocycles. The summed E-state index contributed by atoms with van der Waals surface area (Å²) in [5.41, 5.74) is 14.6. The summed E-state index contributed by atoms with van der Waals surface area (Å²) in [4.78, 5) is 88.2. The molecule has 522 valence electrons. The predicted molar refractivity (Wildman–Crippen MR) is 429 cm³/mol. The fourth-order valence-electron chi connectivity index (χ4n) is 13.6. The summed E-state index contributed by atoms with van der Waals surface area (Å²) in [5, 5.41) is 6.46. The Balaban J connectivity index is 0.000000112. The lowest BCUT2D eigenvalue weighted by Gasteiger charge is -2.10. The summed E-state index contributed by atoms with van der Waals surface area (Å²) in [5.74, 6) is 5.50. The lowest BCUT2D eigenvalue weighted by molar-refractivity contribution is 1.04. The van der Waals surface area contributed by atoms with Gasteiger partial charge >= 0.3 is 0 Å². The van der Waals surface area contributed by atoms with Gasteiger partial charge in [-0.25, -0.2) is 64.8 Å². The molecule has 0 aliphatic carbocycles. The van der Waals surface area contributed by atoms with E-state index in [1.165, 1.54) is 0 Å². The van der Waals surface area contributed by atoms with Crippen molar-refractivity contribution in [1.29, 1.82) is 0 Å². The zero-order valence-electron chi connectivity index (χ0n) is 58.7. The summed E-state index contributed by atoms with van der Waals surface area (Å²) in [6, 6.07) is 89.4. The minimum absolute atomic E-state index is 0.496. The molecule has 0 atom stereocenters. The highest BCUT2D eigenvalue weighted by molar-refractivity contribution is 6.11. The van der Waals surface area contributed by atoms with Crippen LogP contribution in [0.3, 0.4) is 0 Å². The predicted octanol–water partition coefficient (Wildman–Crippen LogP) is 17.9. The zero-order valence-corrected chi connectivity index (χ0v) is 58.7. The Morgan fingerprint density at radius 1 is 0.189 bits per heavy atom. The first-order chi connectivity index (χ1) is 55.0. The van der Waals surface area contributed by atoms with Gasteiger partial charge < -0.3 is 0 Å². The first-order valence-electron chi connectivity index (χ1n) is 35.5. The van der Waals surface area contributed by atoms with E-state index in [2.05, 4.69) is 139 Å². The van der Waals surface area contributed by atoms with Crippen LogP contribution in [-0.4, -0.2) is 108 Å². The van der Waals surface area contributed by atoms with Gasteiger partial charge in [-0.15, -0.1) is 0 Å². The van der Waals surface area contributed by atoms with Crippen LogP contribution in [0.15, 0.2) is 341 Å². The summed E-state index contributed by atoms with van der Waals surface area (Å²) in [6.45, 7) is 0. The molecule has 0 bridgehead atoms. The largest absolute Gasteiger partial charge is 0.294 e. The van der Waals surface area contributed by atoms with Crippen LogP contribution in [0.2, 0.25) is 0 Å². The molecule has 22 heteroatoms. The van der Waals surface area contributed by atoms with Gasteiger partial charge in [0.25, 0.3) is 0 Å². The molecule has 0 spiro atoms. The lowest BCUT2D eigenvalue weighted by Crippen LogP contribution is -2.02. The van der Waals surface area contributed by atoms with Crippen molar-refractivity contribution in [3.05, 3.63) is 341 Å². The van der Waals surface area contributed by atoms with E-state index in [1.54, 1.807) is 55.8 Å². The first kappa shape index (κ1) is 65.8. The van der Waals surface area contributed by atoms with E-state index >= 15 is 0 Å². The molecule has 0 saturated heterocycles. The Morgan fingerprint density at radius 3 is 0.991 bits per heavy atom. The number of fused-ring (bicyclic) bond motifs is 9. The SMILES string of the molecule is c1ccc(-c2nc(-c3cccc(-n4c5ccccc5c5cccnc54)c3)nc(-c3ccccn3)n2)nc1.c1ccc(-c2nc(-c3cccnc3)nc(-c3ccc4c(c3)c3cccnc3n4-c3ccccn3)n2)nc1.c1ccc(-n2c3ccc(-c4nc(-c5ccccn5)nc(-c5ccccn5)n4)cc3c3cccnc32)cc1. The summed E-state index contributed by atoms with van der Waals surface area (Å²) in [7, 11) is 0. The molecule has 0 N–H and O–H groups in total. The highest BCUT2D eigenvalue weighted by Gasteiger charge is 2.22. The van der Waals surface area contributed by atoms with Gasteiger partial charge in [-0.05, 0) is 188 Å². The van der Waals surface area contributed by atoms with E-state index < -0.39 is 0 Å². The monoisotopic (exact) mass is 1430 g/mol.